The SMILES string of the molecule is C=CCn1c(S[C@@H](C(=O)Nc2cc(C(F)(F)F)ccc2Cl)c2ccccc2)nc2sc3c(c2c1=O)CCCC3. The molecule has 202 valence electrons. The highest BCUT2D eigenvalue weighted by Gasteiger charge is 2.32. The van der Waals surface area contributed by atoms with Crippen molar-refractivity contribution < 1.29 is 18.0 Å². The van der Waals surface area contributed by atoms with E-state index >= 15 is 0 Å². The quantitative estimate of drug-likeness (QED) is 0.136. The molecule has 5 nitrogen and oxygen atoms in total. The molecule has 2 aromatic heterocycles. The van der Waals surface area contributed by atoms with Gasteiger partial charge in [-0.05, 0) is 55.0 Å². The van der Waals surface area contributed by atoms with Crippen molar-refractivity contribution in [3.8, 4) is 0 Å². The number of benzene rings is 2. The topological polar surface area (TPSA) is 64.0 Å². The van der Waals surface area contributed by atoms with Crippen LogP contribution in [0.25, 0.3) is 10.2 Å². The normalized spacial score (nSPS) is 14.2. The second-order valence-corrected chi connectivity index (χ2v) is 11.6. The van der Waals surface area contributed by atoms with Gasteiger partial charge >= 0.3 is 6.18 Å². The number of halogens is 4. The number of fused-ring (bicyclic) bond motifs is 3. The Morgan fingerprint density at radius 1 is 1.21 bits per heavy atom. The average Bonchev–Trinajstić information content (AvgIpc) is 3.29. The zero-order valence-corrected chi connectivity index (χ0v) is 22.9. The van der Waals surface area contributed by atoms with E-state index in [1.54, 1.807) is 36.4 Å². The maximum absolute atomic E-state index is 13.7. The third-order valence-electron chi connectivity index (χ3n) is 6.47. The van der Waals surface area contributed by atoms with Crippen molar-refractivity contribution in [1.29, 1.82) is 0 Å². The van der Waals surface area contributed by atoms with Crippen molar-refractivity contribution in [2.75, 3.05) is 5.32 Å². The van der Waals surface area contributed by atoms with E-state index in [-0.39, 0.29) is 22.8 Å². The Bertz CT molecular complexity index is 1620. The Kier molecular flexibility index (Phi) is 7.89. The molecule has 11 heteroatoms. The minimum atomic E-state index is -4.60. The summed E-state index contributed by atoms with van der Waals surface area (Å²) in [5, 5.41) is 2.54. The van der Waals surface area contributed by atoms with Crippen molar-refractivity contribution in [2.24, 2.45) is 0 Å². The van der Waals surface area contributed by atoms with Crippen LogP contribution in [0.3, 0.4) is 0 Å². The van der Waals surface area contributed by atoms with Crippen LogP contribution in [0, 0.1) is 0 Å². The summed E-state index contributed by atoms with van der Waals surface area (Å²) < 4.78 is 41.4. The summed E-state index contributed by atoms with van der Waals surface area (Å²) in [5.41, 5.74) is 0.378. The molecule has 0 fully saturated rings. The lowest BCUT2D eigenvalue weighted by atomic mass is 9.97. The van der Waals surface area contributed by atoms with E-state index in [4.69, 9.17) is 16.6 Å². The molecule has 0 spiro atoms. The number of nitrogens with zero attached hydrogens (tertiary/aromatic N) is 2. The molecule has 0 aliphatic heterocycles. The van der Waals surface area contributed by atoms with Crippen molar-refractivity contribution in [3.05, 3.63) is 98.1 Å². The molecule has 1 amide bonds. The molecule has 0 saturated heterocycles. The number of thiophene rings is 1. The molecule has 4 aromatic rings. The van der Waals surface area contributed by atoms with E-state index in [2.05, 4.69) is 11.9 Å². The molecule has 2 heterocycles. The first-order valence-electron chi connectivity index (χ1n) is 12.2. The average molecular weight is 590 g/mol. The Morgan fingerprint density at radius 2 is 1.95 bits per heavy atom. The van der Waals surface area contributed by atoms with Gasteiger partial charge in [-0.2, -0.15) is 13.2 Å². The van der Waals surface area contributed by atoms with Crippen LogP contribution in [0.15, 0.2) is 71.1 Å². The van der Waals surface area contributed by atoms with Crippen LogP contribution in [0.5, 0.6) is 0 Å². The van der Waals surface area contributed by atoms with Gasteiger partial charge in [-0.25, -0.2) is 4.98 Å². The van der Waals surface area contributed by atoms with Crippen LogP contribution in [0.4, 0.5) is 18.9 Å². The number of thioether (sulfide) groups is 1. The van der Waals surface area contributed by atoms with Crippen LogP contribution in [-0.4, -0.2) is 15.5 Å². The van der Waals surface area contributed by atoms with Gasteiger partial charge in [0.05, 0.1) is 21.7 Å². The number of aromatic nitrogens is 2. The number of carbonyl (C=O) groups excluding carboxylic acids is 1. The fourth-order valence-electron chi connectivity index (χ4n) is 4.60. The summed E-state index contributed by atoms with van der Waals surface area (Å²) >= 11 is 8.71. The maximum atomic E-state index is 13.7. The highest BCUT2D eigenvalue weighted by molar-refractivity contribution is 8.00. The van der Waals surface area contributed by atoms with E-state index in [0.717, 1.165) is 61.2 Å². The molecule has 1 aliphatic rings. The molecular weight excluding hydrogens is 567 g/mol. The van der Waals surface area contributed by atoms with Gasteiger partial charge in [0.1, 0.15) is 10.1 Å². The van der Waals surface area contributed by atoms with Crippen molar-refractivity contribution >= 4 is 56.5 Å². The van der Waals surface area contributed by atoms with Gasteiger partial charge in [0, 0.05) is 11.4 Å². The summed E-state index contributed by atoms with van der Waals surface area (Å²) in [5.74, 6) is -0.600. The molecular formula is C28H23ClF3N3O2S2. The van der Waals surface area contributed by atoms with E-state index in [1.807, 2.05) is 0 Å². The second kappa shape index (κ2) is 11.2. The monoisotopic (exact) mass is 589 g/mol. The van der Waals surface area contributed by atoms with Crippen LogP contribution in [-0.2, 0) is 30.4 Å². The number of anilines is 1. The number of nitrogens with one attached hydrogen (secondary N) is 1. The van der Waals surface area contributed by atoms with Crippen molar-refractivity contribution in [1.82, 2.24) is 9.55 Å². The summed E-state index contributed by atoms with van der Waals surface area (Å²) in [6, 6.07) is 11.5. The van der Waals surface area contributed by atoms with Gasteiger partial charge in [0.15, 0.2) is 5.16 Å². The number of alkyl halides is 3. The first-order chi connectivity index (χ1) is 18.7. The van der Waals surface area contributed by atoms with Gasteiger partial charge in [0.2, 0.25) is 5.91 Å². The predicted molar refractivity (Wildman–Crippen MR) is 151 cm³/mol. The third-order valence-corrected chi connectivity index (χ3v) is 9.23. The zero-order chi connectivity index (χ0) is 27.7. The fraction of sp³-hybridized carbons (Fsp3) is 0.250. The van der Waals surface area contributed by atoms with Crippen LogP contribution in [0.2, 0.25) is 5.02 Å². The minimum absolute atomic E-state index is 0.0274. The molecule has 0 bridgehead atoms. The Morgan fingerprint density at radius 3 is 2.67 bits per heavy atom. The molecule has 0 saturated carbocycles. The Hall–Kier alpha value is -3.08. The lowest BCUT2D eigenvalue weighted by molar-refractivity contribution is -0.137. The van der Waals surface area contributed by atoms with E-state index < -0.39 is 22.9 Å². The maximum Gasteiger partial charge on any atom is 0.416 e. The van der Waals surface area contributed by atoms with Gasteiger partial charge in [-0.1, -0.05) is 59.8 Å². The first-order valence-corrected chi connectivity index (χ1v) is 14.3. The van der Waals surface area contributed by atoms with Crippen LogP contribution in [0.1, 0.15) is 39.7 Å². The van der Waals surface area contributed by atoms with E-state index in [1.165, 1.54) is 20.8 Å². The Labute approximate surface area is 235 Å². The molecule has 2 aromatic carbocycles. The number of rotatable bonds is 7. The number of aryl methyl sites for hydroxylation is 2. The smallest absolute Gasteiger partial charge is 0.323 e. The number of hydrogen-bond donors (Lipinski definition) is 1. The van der Waals surface area contributed by atoms with E-state index in [0.29, 0.717) is 20.9 Å². The lowest BCUT2D eigenvalue weighted by Crippen LogP contribution is -2.25. The standard InChI is InChI=1S/C28H23ClF3N3O2S2/c1-2-14-35-26(37)22-18-10-6-7-11-21(18)38-25(22)34-27(35)39-23(16-8-4-3-5-9-16)24(36)33-20-15-17(28(30,31)32)12-13-19(20)29/h2-5,8-9,12-13,15,23H,1,6-7,10-11,14H2,(H,33,36)/t23-/m1/s1. The lowest BCUT2D eigenvalue weighted by Gasteiger charge is -2.20. The predicted octanol–water partition coefficient (Wildman–Crippen LogP) is 7.67. The van der Waals surface area contributed by atoms with Crippen LogP contribution < -0.4 is 10.9 Å². The number of carbonyl (C=O) groups is 1. The van der Waals surface area contributed by atoms with Crippen molar-refractivity contribution in [3.63, 3.8) is 0 Å². The summed E-state index contributed by atoms with van der Waals surface area (Å²) in [6.45, 7) is 3.97. The minimum Gasteiger partial charge on any atom is -0.323 e. The second-order valence-electron chi connectivity index (χ2n) is 9.08. The summed E-state index contributed by atoms with van der Waals surface area (Å²) in [6.07, 6.45) is 0.822. The Balaban J connectivity index is 1.57. The molecule has 5 rings (SSSR count). The first kappa shape index (κ1) is 27.5. The summed E-state index contributed by atoms with van der Waals surface area (Å²) in [4.78, 5) is 33.9. The van der Waals surface area contributed by atoms with Gasteiger partial charge in [0.25, 0.3) is 5.56 Å². The number of amides is 1. The molecule has 0 radical (unpaired) electrons. The number of hydrogen-bond acceptors (Lipinski definition) is 5. The van der Waals surface area contributed by atoms with Crippen molar-refractivity contribution in [2.45, 2.75) is 48.8 Å². The molecule has 39 heavy (non-hydrogen) atoms. The molecule has 0 unspecified atom stereocenters. The highest BCUT2D eigenvalue weighted by atomic mass is 35.5. The summed E-state index contributed by atoms with van der Waals surface area (Å²) in [7, 11) is 0. The van der Waals surface area contributed by atoms with Gasteiger partial charge in [-0.15, -0.1) is 17.9 Å². The van der Waals surface area contributed by atoms with Crippen LogP contribution >= 0.6 is 34.7 Å². The molecule has 1 aliphatic carbocycles. The third kappa shape index (κ3) is 5.64. The number of allylic oxidation sites excluding steroid dienone is 1. The van der Waals surface area contributed by atoms with Gasteiger partial charge in [-0.3, -0.25) is 14.2 Å². The zero-order valence-electron chi connectivity index (χ0n) is 20.6. The van der Waals surface area contributed by atoms with E-state index in [9.17, 15) is 22.8 Å². The van der Waals surface area contributed by atoms with Gasteiger partial charge < -0.3 is 5.32 Å². The largest absolute Gasteiger partial charge is 0.416 e. The fourth-order valence-corrected chi connectivity index (χ4v) is 7.17. The molecule has 1 atom stereocenters. The molecule has 1 N–H and O–H groups in total. The highest BCUT2D eigenvalue weighted by Crippen LogP contribution is 2.40.